The molecule has 5 rings (SSSR count). The van der Waals surface area contributed by atoms with Crippen LogP contribution in [-0.4, -0.2) is 6.36 Å². The fraction of sp³-hybridized carbons (Fsp3) is 0.351. The highest BCUT2D eigenvalue weighted by atomic mass is 19.4. The predicted molar refractivity (Wildman–Crippen MR) is 164 cm³/mol. The van der Waals surface area contributed by atoms with E-state index < -0.39 is 52.8 Å². The molecule has 0 heterocycles. The summed E-state index contributed by atoms with van der Waals surface area (Å²) in [5.41, 5.74) is -1.48. The lowest BCUT2D eigenvalue weighted by molar-refractivity contribution is -0.274. The summed E-state index contributed by atoms with van der Waals surface area (Å²) in [6, 6.07) is 12.2. The van der Waals surface area contributed by atoms with Gasteiger partial charge in [0.1, 0.15) is 40.3 Å². The first-order valence-electron chi connectivity index (χ1n) is 15.8. The Balaban J connectivity index is 1.28. The van der Waals surface area contributed by atoms with Gasteiger partial charge in [0.2, 0.25) is 0 Å². The zero-order valence-corrected chi connectivity index (χ0v) is 26.0. The van der Waals surface area contributed by atoms with Gasteiger partial charge in [-0.15, -0.1) is 13.2 Å². The van der Waals surface area contributed by atoms with Crippen LogP contribution >= 0.6 is 0 Å². The van der Waals surface area contributed by atoms with Crippen LogP contribution < -0.4 is 9.47 Å². The summed E-state index contributed by atoms with van der Waals surface area (Å²) < 4.78 is 136. The van der Waals surface area contributed by atoms with Crippen molar-refractivity contribution < 1.29 is 49.0 Å². The highest BCUT2D eigenvalue weighted by Crippen LogP contribution is 2.41. The van der Waals surface area contributed by atoms with Crippen molar-refractivity contribution in [1.29, 1.82) is 0 Å². The maximum atomic E-state index is 15.2. The molecule has 0 radical (unpaired) electrons. The second kappa shape index (κ2) is 14.5. The van der Waals surface area contributed by atoms with Crippen molar-refractivity contribution in [3.8, 4) is 33.8 Å². The van der Waals surface area contributed by atoms with Crippen molar-refractivity contribution in [2.45, 2.75) is 76.7 Å². The summed E-state index contributed by atoms with van der Waals surface area (Å²) in [7, 11) is 0. The summed E-state index contributed by atoms with van der Waals surface area (Å²) in [5.74, 6) is -5.72. The maximum Gasteiger partial charge on any atom is 0.573 e. The maximum absolute atomic E-state index is 15.2. The van der Waals surface area contributed by atoms with Crippen molar-refractivity contribution in [1.82, 2.24) is 0 Å². The van der Waals surface area contributed by atoms with E-state index in [2.05, 4.69) is 16.4 Å². The Morgan fingerprint density at radius 2 is 1.19 bits per heavy atom. The van der Waals surface area contributed by atoms with Crippen molar-refractivity contribution in [2.75, 3.05) is 0 Å². The minimum atomic E-state index is -4.93. The molecule has 1 saturated carbocycles. The third-order valence-corrected chi connectivity index (χ3v) is 8.76. The second-order valence-corrected chi connectivity index (χ2v) is 12.1. The minimum Gasteiger partial charge on any atom is -0.429 e. The zero-order chi connectivity index (χ0) is 34.6. The van der Waals surface area contributed by atoms with Gasteiger partial charge in [-0.1, -0.05) is 56.9 Å². The largest absolute Gasteiger partial charge is 0.573 e. The van der Waals surface area contributed by atoms with E-state index >= 15 is 22.0 Å². The monoisotopic (exact) mass is 680 g/mol. The lowest BCUT2D eigenvalue weighted by Crippen LogP contribution is -2.25. The molecule has 48 heavy (non-hydrogen) atoms. The van der Waals surface area contributed by atoms with Crippen molar-refractivity contribution in [2.24, 2.45) is 5.92 Å². The van der Waals surface area contributed by atoms with Gasteiger partial charge in [0.05, 0.1) is 0 Å². The molecule has 256 valence electrons. The van der Waals surface area contributed by atoms with Gasteiger partial charge in [0.25, 0.3) is 0 Å². The van der Waals surface area contributed by atoms with E-state index in [1.54, 1.807) is 6.07 Å². The Kier molecular flexibility index (Phi) is 10.7. The van der Waals surface area contributed by atoms with Crippen molar-refractivity contribution in [3.63, 3.8) is 0 Å². The van der Waals surface area contributed by atoms with Crippen LogP contribution in [0.3, 0.4) is 0 Å². The lowest BCUT2D eigenvalue weighted by Gasteiger charge is -2.29. The molecule has 11 heteroatoms. The molecule has 2 nitrogen and oxygen atoms in total. The number of ether oxygens (including phenoxy) is 2. The summed E-state index contributed by atoms with van der Waals surface area (Å²) >= 11 is 0. The molecule has 1 aliphatic rings. The molecule has 1 fully saturated rings. The van der Waals surface area contributed by atoms with E-state index in [1.165, 1.54) is 37.8 Å². The van der Waals surface area contributed by atoms with Crippen LogP contribution in [-0.2, 0) is 6.11 Å². The number of hydrogen-bond donors (Lipinski definition) is 0. The Bertz CT molecular complexity index is 1690. The van der Waals surface area contributed by atoms with E-state index in [-0.39, 0.29) is 28.2 Å². The molecule has 0 aliphatic heterocycles. The zero-order valence-electron chi connectivity index (χ0n) is 26.0. The highest BCUT2D eigenvalue weighted by Gasteiger charge is 2.41. The van der Waals surface area contributed by atoms with Gasteiger partial charge in [-0.05, 0) is 96.7 Å². The Morgan fingerprint density at radius 3 is 1.77 bits per heavy atom. The number of halogens is 9. The average molecular weight is 681 g/mol. The molecule has 0 unspecified atom stereocenters. The molecule has 0 aromatic heterocycles. The number of hydrogen-bond acceptors (Lipinski definition) is 2. The SMILES string of the molecule is CCCCCC1CCC(c2ccc(-c3cc(F)c(C(F)(F)Oc4ccc(-c5ccc(OC(F)(F)F)cc5)c(F)c4)c(F)c3)c(F)c2)CC1. The Labute approximate surface area is 272 Å². The average Bonchev–Trinajstić information content (AvgIpc) is 3.00. The normalized spacial score (nSPS) is 17.0. The van der Waals surface area contributed by atoms with Crippen LogP contribution in [0.1, 0.15) is 75.3 Å². The van der Waals surface area contributed by atoms with Gasteiger partial charge in [-0.25, -0.2) is 17.6 Å². The number of rotatable bonds is 11. The van der Waals surface area contributed by atoms with Crippen LogP contribution in [0, 0.1) is 29.2 Å². The summed E-state index contributed by atoms with van der Waals surface area (Å²) in [4.78, 5) is 0. The van der Waals surface area contributed by atoms with E-state index in [0.717, 1.165) is 67.6 Å². The molecule has 0 N–H and O–H groups in total. The summed E-state index contributed by atoms with van der Waals surface area (Å²) in [6.07, 6.45) is -0.797. The molecule has 0 atom stereocenters. The molecule has 0 saturated heterocycles. The molecule has 0 bridgehead atoms. The topological polar surface area (TPSA) is 18.5 Å². The van der Waals surface area contributed by atoms with Crippen LogP contribution in [0.25, 0.3) is 22.3 Å². The van der Waals surface area contributed by atoms with Gasteiger partial charge in [-0.2, -0.15) is 8.78 Å². The lowest BCUT2D eigenvalue weighted by atomic mass is 9.77. The van der Waals surface area contributed by atoms with E-state index in [4.69, 9.17) is 0 Å². The molecule has 4 aromatic rings. The van der Waals surface area contributed by atoms with Crippen LogP contribution in [0.2, 0.25) is 0 Å². The third-order valence-electron chi connectivity index (χ3n) is 8.76. The summed E-state index contributed by atoms with van der Waals surface area (Å²) in [6.45, 7) is 2.17. The molecule has 1 aliphatic carbocycles. The van der Waals surface area contributed by atoms with Crippen LogP contribution in [0.5, 0.6) is 11.5 Å². The minimum absolute atomic E-state index is 0.0958. The van der Waals surface area contributed by atoms with Gasteiger partial charge in [0, 0.05) is 17.2 Å². The first kappa shape index (κ1) is 35.2. The fourth-order valence-electron chi connectivity index (χ4n) is 6.32. The van der Waals surface area contributed by atoms with Crippen LogP contribution in [0.4, 0.5) is 39.5 Å². The first-order chi connectivity index (χ1) is 22.7. The molecule has 0 amide bonds. The predicted octanol–water partition coefficient (Wildman–Crippen LogP) is 12.5. The van der Waals surface area contributed by atoms with Crippen molar-refractivity contribution in [3.05, 3.63) is 107 Å². The second-order valence-electron chi connectivity index (χ2n) is 12.1. The molecular formula is C37H33F9O2. The van der Waals surface area contributed by atoms with Gasteiger partial charge in [-0.3, -0.25) is 0 Å². The van der Waals surface area contributed by atoms with E-state index in [0.29, 0.717) is 24.1 Å². The third kappa shape index (κ3) is 8.46. The Morgan fingerprint density at radius 1 is 0.604 bits per heavy atom. The van der Waals surface area contributed by atoms with Gasteiger partial charge < -0.3 is 9.47 Å². The van der Waals surface area contributed by atoms with E-state index in [9.17, 15) is 17.6 Å². The first-order valence-corrected chi connectivity index (χ1v) is 15.8. The standard InChI is InChI=1S/C37H33F9O2/c1-2-3-4-5-22-6-8-23(9-7-22)25-12-16-30(31(38)18-25)26-19-33(40)35(34(41)20-26)36(42,43)47-28-15-17-29(32(39)21-28)24-10-13-27(14-11-24)48-37(44,45)46/h10-23H,2-9H2,1H3. The van der Waals surface area contributed by atoms with E-state index in [1.807, 2.05) is 0 Å². The summed E-state index contributed by atoms with van der Waals surface area (Å²) in [5, 5.41) is 0. The molecule has 4 aromatic carbocycles. The number of unbranched alkanes of at least 4 members (excludes halogenated alkanes) is 2. The van der Waals surface area contributed by atoms with Crippen molar-refractivity contribution >= 4 is 0 Å². The smallest absolute Gasteiger partial charge is 0.429 e. The fourth-order valence-corrected chi connectivity index (χ4v) is 6.32. The number of benzene rings is 4. The van der Waals surface area contributed by atoms with Gasteiger partial charge >= 0.3 is 12.5 Å². The van der Waals surface area contributed by atoms with Gasteiger partial charge in [0.15, 0.2) is 0 Å². The number of alkyl halides is 5. The Hall–Kier alpha value is -4.15. The highest BCUT2D eigenvalue weighted by molar-refractivity contribution is 5.67. The quantitative estimate of drug-likeness (QED) is 0.116. The molecular weight excluding hydrogens is 647 g/mol. The molecule has 0 spiro atoms. The van der Waals surface area contributed by atoms with Crippen LogP contribution in [0.15, 0.2) is 72.8 Å².